The van der Waals surface area contributed by atoms with Gasteiger partial charge in [0.2, 0.25) is 0 Å². The topological polar surface area (TPSA) is 102 Å². The molecule has 1 saturated carbocycles. The van der Waals surface area contributed by atoms with E-state index in [2.05, 4.69) is 4.98 Å². The maximum Gasteiger partial charge on any atom is 0.410 e. The van der Waals surface area contributed by atoms with Crippen molar-refractivity contribution in [1.29, 1.82) is 0 Å². The van der Waals surface area contributed by atoms with Gasteiger partial charge in [-0.1, -0.05) is 51.2 Å². The number of oxazole rings is 1. The average molecular weight is 486 g/mol. The van der Waals surface area contributed by atoms with Crippen molar-refractivity contribution in [1.82, 2.24) is 14.8 Å². The number of hydrogen-bond acceptors (Lipinski definition) is 7. The normalized spacial score (nSPS) is 17.8. The van der Waals surface area contributed by atoms with Crippen LogP contribution in [0.1, 0.15) is 69.0 Å². The van der Waals surface area contributed by atoms with E-state index in [-0.39, 0.29) is 12.4 Å². The first-order chi connectivity index (χ1) is 17.1. The van der Waals surface area contributed by atoms with Crippen molar-refractivity contribution in [3.05, 3.63) is 30.2 Å². The average Bonchev–Trinajstić information content (AvgIpc) is 3.34. The van der Waals surface area contributed by atoms with E-state index in [4.69, 9.17) is 13.9 Å². The molecule has 0 spiro atoms. The van der Waals surface area contributed by atoms with Crippen LogP contribution in [0.3, 0.4) is 0 Å². The minimum Gasteiger partial charge on any atom is -0.436 e. The molecule has 2 fully saturated rings. The Balaban J connectivity index is 1.52. The molecule has 0 bridgehead atoms. The zero-order valence-corrected chi connectivity index (χ0v) is 20.4. The first-order valence-corrected chi connectivity index (χ1v) is 12.8. The lowest BCUT2D eigenvalue weighted by atomic mass is 9.85. The predicted octanol–water partition coefficient (Wildman–Crippen LogP) is 4.40. The SMILES string of the molecule is CCCN(C(=O)c1nc2ccccc2o1)C(=O)C(CCC1CCCCC1)OC(=O)N1CCOCC1. The zero-order chi connectivity index (χ0) is 24.6. The molecule has 2 heterocycles. The molecule has 1 aliphatic heterocycles. The molecule has 1 unspecified atom stereocenters. The molecule has 190 valence electrons. The molecule has 3 amide bonds. The summed E-state index contributed by atoms with van der Waals surface area (Å²) in [5.41, 5.74) is 1.03. The maximum absolute atomic E-state index is 13.7. The first-order valence-electron chi connectivity index (χ1n) is 12.8. The Morgan fingerprint density at radius 3 is 2.60 bits per heavy atom. The lowest BCUT2D eigenvalue weighted by Crippen LogP contribution is -2.48. The van der Waals surface area contributed by atoms with Gasteiger partial charge in [0.05, 0.1) is 13.2 Å². The van der Waals surface area contributed by atoms with E-state index in [1.165, 1.54) is 19.3 Å². The van der Waals surface area contributed by atoms with Gasteiger partial charge in [-0.3, -0.25) is 14.5 Å². The number of nitrogens with zero attached hydrogens (tertiary/aromatic N) is 3. The van der Waals surface area contributed by atoms with E-state index >= 15 is 0 Å². The molecule has 35 heavy (non-hydrogen) atoms. The predicted molar refractivity (Wildman–Crippen MR) is 129 cm³/mol. The monoisotopic (exact) mass is 485 g/mol. The molecular formula is C26H35N3O6. The molecule has 4 rings (SSSR count). The van der Waals surface area contributed by atoms with Crippen molar-refractivity contribution in [3.8, 4) is 0 Å². The lowest BCUT2D eigenvalue weighted by Gasteiger charge is -2.30. The Morgan fingerprint density at radius 1 is 1.14 bits per heavy atom. The van der Waals surface area contributed by atoms with E-state index in [0.29, 0.717) is 56.2 Å². The zero-order valence-electron chi connectivity index (χ0n) is 20.4. The Morgan fingerprint density at radius 2 is 1.89 bits per heavy atom. The number of carbonyl (C=O) groups excluding carboxylic acids is 3. The Kier molecular flexibility index (Phi) is 8.74. The molecule has 9 nitrogen and oxygen atoms in total. The Labute approximate surface area is 205 Å². The van der Waals surface area contributed by atoms with Crippen LogP contribution in [0.5, 0.6) is 0 Å². The van der Waals surface area contributed by atoms with Crippen LogP contribution in [-0.4, -0.2) is 71.6 Å². The molecule has 0 N–H and O–H groups in total. The number of hydrogen-bond donors (Lipinski definition) is 0. The summed E-state index contributed by atoms with van der Waals surface area (Å²) in [4.78, 5) is 46.8. The third-order valence-electron chi connectivity index (χ3n) is 6.78. The quantitative estimate of drug-likeness (QED) is 0.546. The second-order valence-electron chi connectivity index (χ2n) is 9.33. The number of fused-ring (bicyclic) bond motifs is 1. The van der Waals surface area contributed by atoms with Gasteiger partial charge in [0.1, 0.15) is 5.52 Å². The molecule has 2 aromatic rings. The highest BCUT2D eigenvalue weighted by Gasteiger charge is 2.35. The van der Waals surface area contributed by atoms with Crippen LogP contribution in [0.2, 0.25) is 0 Å². The van der Waals surface area contributed by atoms with Gasteiger partial charge in [-0.2, -0.15) is 0 Å². The highest BCUT2D eigenvalue weighted by molar-refractivity contribution is 6.04. The second kappa shape index (κ2) is 12.2. The third-order valence-corrected chi connectivity index (χ3v) is 6.78. The van der Waals surface area contributed by atoms with Crippen molar-refractivity contribution < 1.29 is 28.3 Å². The molecule has 9 heteroatoms. The number of morpholine rings is 1. The summed E-state index contributed by atoms with van der Waals surface area (Å²) in [7, 11) is 0. The molecular weight excluding hydrogens is 450 g/mol. The van der Waals surface area contributed by atoms with Crippen LogP contribution in [0, 0.1) is 5.92 Å². The molecule has 1 aromatic carbocycles. The van der Waals surface area contributed by atoms with Crippen molar-refractivity contribution in [2.75, 3.05) is 32.8 Å². The van der Waals surface area contributed by atoms with Gasteiger partial charge in [0.15, 0.2) is 11.7 Å². The molecule has 2 aliphatic rings. The molecule has 0 radical (unpaired) electrons. The number of ether oxygens (including phenoxy) is 2. The summed E-state index contributed by atoms with van der Waals surface area (Å²) < 4.78 is 16.7. The van der Waals surface area contributed by atoms with E-state index in [0.717, 1.165) is 24.2 Å². The lowest BCUT2D eigenvalue weighted by molar-refractivity contribution is -0.139. The molecule has 1 aromatic heterocycles. The van der Waals surface area contributed by atoms with Crippen molar-refractivity contribution in [2.24, 2.45) is 5.92 Å². The van der Waals surface area contributed by atoms with Gasteiger partial charge in [-0.05, 0) is 37.3 Å². The fraction of sp³-hybridized carbons (Fsp3) is 0.615. The summed E-state index contributed by atoms with van der Waals surface area (Å²) in [5, 5.41) is 0. The van der Waals surface area contributed by atoms with Gasteiger partial charge < -0.3 is 18.8 Å². The summed E-state index contributed by atoms with van der Waals surface area (Å²) in [6, 6.07) is 7.07. The first kappa shape index (κ1) is 25.2. The van der Waals surface area contributed by atoms with Crippen LogP contribution in [0.15, 0.2) is 28.7 Å². The number of imide groups is 1. The van der Waals surface area contributed by atoms with Gasteiger partial charge in [-0.25, -0.2) is 9.78 Å². The van der Waals surface area contributed by atoms with E-state index in [9.17, 15) is 14.4 Å². The fourth-order valence-corrected chi connectivity index (χ4v) is 4.83. The smallest absolute Gasteiger partial charge is 0.410 e. The van der Waals surface area contributed by atoms with Crippen molar-refractivity contribution >= 4 is 29.0 Å². The molecule has 1 aliphatic carbocycles. The number of carbonyl (C=O) groups is 3. The van der Waals surface area contributed by atoms with Crippen LogP contribution in [0.25, 0.3) is 11.1 Å². The van der Waals surface area contributed by atoms with Crippen LogP contribution in [-0.2, 0) is 14.3 Å². The largest absolute Gasteiger partial charge is 0.436 e. The van der Waals surface area contributed by atoms with Crippen LogP contribution < -0.4 is 0 Å². The number of amides is 3. The summed E-state index contributed by atoms with van der Waals surface area (Å²) in [6.45, 7) is 3.79. The third kappa shape index (κ3) is 6.39. The number of rotatable bonds is 8. The summed E-state index contributed by atoms with van der Waals surface area (Å²) >= 11 is 0. The maximum atomic E-state index is 13.7. The Bertz CT molecular complexity index is 976. The van der Waals surface area contributed by atoms with Gasteiger partial charge in [0, 0.05) is 19.6 Å². The van der Waals surface area contributed by atoms with Crippen molar-refractivity contribution in [2.45, 2.75) is 64.4 Å². The van der Waals surface area contributed by atoms with E-state index < -0.39 is 24.0 Å². The van der Waals surface area contributed by atoms with Crippen molar-refractivity contribution in [3.63, 3.8) is 0 Å². The number of para-hydroxylation sites is 2. The van der Waals surface area contributed by atoms with E-state index in [1.54, 1.807) is 29.2 Å². The summed E-state index contributed by atoms with van der Waals surface area (Å²) in [6.07, 6.45) is 6.03. The number of aromatic nitrogens is 1. The fourth-order valence-electron chi connectivity index (χ4n) is 4.83. The minimum absolute atomic E-state index is 0.140. The number of benzene rings is 1. The molecule has 1 saturated heterocycles. The van der Waals surface area contributed by atoms with Gasteiger partial charge in [-0.15, -0.1) is 0 Å². The summed E-state index contributed by atoms with van der Waals surface area (Å²) in [5.74, 6) is -0.762. The van der Waals surface area contributed by atoms with Gasteiger partial charge >= 0.3 is 12.0 Å². The molecule has 1 atom stereocenters. The van der Waals surface area contributed by atoms with Crippen LogP contribution >= 0.6 is 0 Å². The highest BCUT2D eigenvalue weighted by atomic mass is 16.6. The minimum atomic E-state index is -1.04. The van der Waals surface area contributed by atoms with Gasteiger partial charge in [0.25, 0.3) is 11.8 Å². The second-order valence-corrected chi connectivity index (χ2v) is 9.33. The Hall–Kier alpha value is -2.94. The van der Waals surface area contributed by atoms with E-state index in [1.807, 2.05) is 6.92 Å². The standard InChI is InChI=1S/C26H35N3O6/c1-2-14-29(25(31)23-27-20-10-6-7-11-21(20)34-23)24(30)22(13-12-19-8-4-3-5-9-19)35-26(32)28-15-17-33-18-16-28/h6-7,10-11,19,22H,2-5,8-9,12-18H2,1H3. The van der Waals surface area contributed by atoms with Crippen LogP contribution in [0.4, 0.5) is 4.79 Å². The highest BCUT2D eigenvalue weighted by Crippen LogP contribution is 2.29.